The van der Waals surface area contributed by atoms with Crippen molar-refractivity contribution >= 4 is 23.5 Å². The van der Waals surface area contributed by atoms with Crippen LogP contribution in [0.3, 0.4) is 0 Å². The zero-order valence-electron chi connectivity index (χ0n) is 13.2. The minimum Gasteiger partial charge on any atom is -0.478 e. The maximum Gasteiger partial charge on any atom is 0.335 e. The predicted molar refractivity (Wildman–Crippen MR) is 85.3 cm³/mol. The Labute approximate surface area is 139 Å². The molecule has 3 fully saturated rings. The highest BCUT2D eigenvalue weighted by Crippen LogP contribution is 2.77. The van der Waals surface area contributed by atoms with Crippen molar-refractivity contribution in [2.75, 3.05) is 4.90 Å². The van der Waals surface area contributed by atoms with Crippen molar-refractivity contribution in [3.63, 3.8) is 0 Å². The van der Waals surface area contributed by atoms with E-state index in [1.165, 1.54) is 17.0 Å². The van der Waals surface area contributed by atoms with Crippen LogP contribution in [0.1, 0.15) is 30.1 Å². The molecule has 122 valence electrons. The number of anilines is 1. The van der Waals surface area contributed by atoms with E-state index < -0.39 is 11.4 Å². The van der Waals surface area contributed by atoms with Crippen molar-refractivity contribution in [2.24, 2.45) is 28.6 Å². The van der Waals surface area contributed by atoms with Crippen LogP contribution in [-0.2, 0) is 9.59 Å². The maximum atomic E-state index is 13.2. The monoisotopic (exact) mass is 323 g/mol. The Kier molecular flexibility index (Phi) is 2.31. The Morgan fingerprint density at radius 3 is 2.62 bits per heavy atom. The van der Waals surface area contributed by atoms with Crippen molar-refractivity contribution in [3.8, 4) is 0 Å². The summed E-state index contributed by atoms with van der Waals surface area (Å²) in [5, 5.41) is 9.17. The summed E-state index contributed by atoms with van der Waals surface area (Å²) in [6.45, 7) is 1.92. The molecule has 1 aromatic carbocycles. The second kappa shape index (κ2) is 3.97. The molecule has 5 heteroatoms. The van der Waals surface area contributed by atoms with Crippen LogP contribution in [0.5, 0.6) is 0 Å². The molecule has 1 spiro atoms. The zero-order chi connectivity index (χ0) is 16.9. The number of fused-ring (bicyclic) bond motifs is 3. The minimum atomic E-state index is -1.07. The van der Waals surface area contributed by atoms with Crippen molar-refractivity contribution in [3.05, 3.63) is 42.0 Å². The Morgan fingerprint density at radius 1 is 1.25 bits per heavy atom. The molecule has 1 N–H and O–H groups in total. The first kappa shape index (κ1) is 14.0. The van der Waals surface area contributed by atoms with Crippen molar-refractivity contribution in [1.29, 1.82) is 0 Å². The highest BCUT2D eigenvalue weighted by molar-refractivity contribution is 6.24. The fourth-order valence-electron chi connectivity index (χ4n) is 5.60. The van der Waals surface area contributed by atoms with Crippen molar-refractivity contribution in [1.82, 2.24) is 0 Å². The summed E-state index contributed by atoms with van der Waals surface area (Å²) < 4.78 is 0. The lowest BCUT2D eigenvalue weighted by Crippen LogP contribution is -2.39. The molecule has 5 rings (SSSR count). The van der Waals surface area contributed by atoms with Gasteiger partial charge in [-0.2, -0.15) is 0 Å². The van der Waals surface area contributed by atoms with E-state index in [1.807, 2.05) is 6.92 Å². The summed E-state index contributed by atoms with van der Waals surface area (Å²) in [4.78, 5) is 38.8. The minimum absolute atomic E-state index is 0.0788. The average Bonchev–Trinajstić information content (AvgIpc) is 3.17. The Bertz CT molecular complexity index is 853. The summed E-state index contributed by atoms with van der Waals surface area (Å²) in [5.41, 5.74) is -0.105. The molecule has 2 saturated carbocycles. The lowest BCUT2D eigenvalue weighted by Gasteiger charge is -2.29. The molecule has 2 amide bonds. The molecule has 2 bridgehead atoms. The number of benzene rings is 1. The van der Waals surface area contributed by atoms with Crippen LogP contribution in [0.4, 0.5) is 5.69 Å². The van der Waals surface area contributed by atoms with Gasteiger partial charge in [-0.3, -0.25) is 9.59 Å². The fraction of sp³-hybridized carbons (Fsp3) is 0.421. The van der Waals surface area contributed by atoms with E-state index in [0.29, 0.717) is 5.69 Å². The summed E-state index contributed by atoms with van der Waals surface area (Å²) >= 11 is 0. The van der Waals surface area contributed by atoms with Gasteiger partial charge in [0.1, 0.15) is 0 Å². The highest BCUT2D eigenvalue weighted by atomic mass is 16.4. The van der Waals surface area contributed by atoms with Crippen LogP contribution < -0.4 is 4.90 Å². The Hall–Kier alpha value is -2.43. The Morgan fingerprint density at radius 2 is 2.00 bits per heavy atom. The van der Waals surface area contributed by atoms with Crippen LogP contribution in [0.15, 0.2) is 36.4 Å². The largest absolute Gasteiger partial charge is 0.478 e. The van der Waals surface area contributed by atoms with Crippen molar-refractivity contribution < 1.29 is 19.5 Å². The van der Waals surface area contributed by atoms with Gasteiger partial charge < -0.3 is 5.11 Å². The summed E-state index contributed by atoms with van der Waals surface area (Å²) in [7, 11) is 0. The van der Waals surface area contributed by atoms with E-state index in [1.54, 1.807) is 12.1 Å². The van der Waals surface area contributed by atoms with Gasteiger partial charge in [-0.25, -0.2) is 9.69 Å². The van der Waals surface area contributed by atoms with Crippen LogP contribution >= 0.6 is 0 Å². The van der Waals surface area contributed by atoms with E-state index in [4.69, 9.17) is 5.11 Å². The number of amides is 2. The van der Waals surface area contributed by atoms with Gasteiger partial charge in [0.05, 0.1) is 22.6 Å². The predicted octanol–water partition coefficient (Wildman–Crippen LogP) is 2.48. The SMILES string of the molecule is C[C@@]12C(=O)N(c3cccc(C(=O)O)c3)C(=O)[C@@H]1[C@H]1C=C[C@H]2C12CC2. The third-order valence-electron chi connectivity index (χ3n) is 6.77. The number of carboxylic acid groups (broad SMARTS) is 1. The average molecular weight is 323 g/mol. The molecular formula is C19H17NO4. The third kappa shape index (κ3) is 1.32. The third-order valence-corrected chi connectivity index (χ3v) is 6.77. The first-order chi connectivity index (χ1) is 11.4. The van der Waals surface area contributed by atoms with Crippen molar-refractivity contribution in [2.45, 2.75) is 19.8 Å². The molecule has 1 aromatic rings. The quantitative estimate of drug-likeness (QED) is 0.670. The summed E-state index contributed by atoms with van der Waals surface area (Å²) in [6.07, 6.45) is 6.45. The van der Waals surface area contributed by atoms with E-state index >= 15 is 0 Å². The molecule has 4 aliphatic rings. The molecule has 4 atom stereocenters. The number of nitrogens with zero attached hydrogens (tertiary/aromatic N) is 1. The van der Waals surface area contributed by atoms with Gasteiger partial charge in [0, 0.05) is 0 Å². The number of rotatable bonds is 2. The molecule has 0 radical (unpaired) electrons. The maximum absolute atomic E-state index is 13.2. The second-order valence-corrected chi connectivity index (χ2v) is 7.72. The number of carboxylic acids is 1. The second-order valence-electron chi connectivity index (χ2n) is 7.72. The Balaban J connectivity index is 1.61. The number of allylic oxidation sites excluding steroid dienone is 2. The van der Waals surface area contributed by atoms with Gasteiger partial charge in [0.25, 0.3) is 0 Å². The summed E-state index contributed by atoms with van der Waals surface area (Å²) in [6, 6.07) is 6.08. The first-order valence-corrected chi connectivity index (χ1v) is 8.31. The molecule has 1 aliphatic heterocycles. The smallest absolute Gasteiger partial charge is 0.335 e. The standard InChI is InChI=1S/C19H17NO4/c1-18-13-6-5-12(19(13)7-8-19)14(18)15(21)20(17(18)24)11-4-2-3-10(9-11)16(22)23/h2-6,9,12-14H,7-8H2,1H3,(H,22,23)/t12-,13-,14+,18+/m1/s1. The van der Waals surface area contributed by atoms with Crippen LogP contribution in [0.2, 0.25) is 0 Å². The molecule has 5 nitrogen and oxygen atoms in total. The summed E-state index contributed by atoms with van der Waals surface area (Å²) in [5.74, 6) is -1.45. The normalized spacial score (nSPS) is 37.4. The lowest BCUT2D eigenvalue weighted by atomic mass is 9.71. The van der Waals surface area contributed by atoms with E-state index in [-0.39, 0.29) is 40.5 Å². The highest BCUT2D eigenvalue weighted by Gasteiger charge is 2.78. The zero-order valence-corrected chi connectivity index (χ0v) is 13.2. The van der Waals surface area contributed by atoms with Crippen LogP contribution in [0, 0.1) is 28.6 Å². The number of hydrogen-bond donors (Lipinski definition) is 1. The van der Waals surface area contributed by atoms with Gasteiger partial charge in [-0.1, -0.05) is 18.2 Å². The first-order valence-electron chi connectivity index (χ1n) is 8.31. The molecule has 1 saturated heterocycles. The van der Waals surface area contributed by atoms with Gasteiger partial charge >= 0.3 is 5.97 Å². The molecular weight excluding hydrogens is 306 g/mol. The van der Waals surface area contributed by atoms with Crippen LogP contribution in [-0.4, -0.2) is 22.9 Å². The van der Waals surface area contributed by atoms with Crippen LogP contribution in [0.25, 0.3) is 0 Å². The molecule has 0 unspecified atom stereocenters. The molecule has 0 aromatic heterocycles. The number of carbonyl (C=O) groups is 3. The fourth-order valence-corrected chi connectivity index (χ4v) is 5.60. The topological polar surface area (TPSA) is 74.7 Å². The number of aromatic carboxylic acids is 1. The number of carbonyl (C=O) groups excluding carboxylic acids is 2. The molecule has 24 heavy (non-hydrogen) atoms. The molecule has 1 heterocycles. The van der Waals surface area contributed by atoms with Gasteiger partial charge in [0.2, 0.25) is 11.8 Å². The van der Waals surface area contributed by atoms with E-state index in [0.717, 1.165) is 12.8 Å². The van der Waals surface area contributed by atoms with Gasteiger partial charge in [-0.15, -0.1) is 0 Å². The van der Waals surface area contributed by atoms with Gasteiger partial charge in [-0.05, 0) is 55.2 Å². The van der Waals surface area contributed by atoms with Gasteiger partial charge in [0.15, 0.2) is 0 Å². The molecule has 3 aliphatic carbocycles. The number of imide groups is 1. The van der Waals surface area contributed by atoms with E-state index in [9.17, 15) is 14.4 Å². The van der Waals surface area contributed by atoms with E-state index in [2.05, 4.69) is 12.2 Å². The lowest BCUT2D eigenvalue weighted by molar-refractivity contribution is -0.127. The number of hydrogen-bond acceptors (Lipinski definition) is 3.